The third-order valence-corrected chi connectivity index (χ3v) is 2.31. The van der Waals surface area contributed by atoms with E-state index < -0.39 is 19.0 Å². The fourth-order valence-corrected chi connectivity index (χ4v) is 1.57. The van der Waals surface area contributed by atoms with Gasteiger partial charge in [-0.25, -0.2) is 13.6 Å². The molecule has 0 radical (unpaired) electrons. The Hall–Kier alpha value is -2.24. The van der Waals surface area contributed by atoms with Crippen LogP contribution >= 0.6 is 0 Å². The van der Waals surface area contributed by atoms with Gasteiger partial charge in [-0.15, -0.1) is 0 Å². The molecule has 1 heterocycles. The number of hydrogen-bond donors (Lipinski definition) is 1. The van der Waals surface area contributed by atoms with Crippen molar-refractivity contribution in [3.8, 4) is 5.75 Å². The SMILES string of the molecule is O=C(O)c1cnc2ccccc2c1OCC(F)F. The highest BCUT2D eigenvalue weighted by atomic mass is 19.3. The van der Waals surface area contributed by atoms with Crippen molar-refractivity contribution in [3.63, 3.8) is 0 Å². The average Bonchev–Trinajstić information content (AvgIpc) is 2.35. The summed E-state index contributed by atoms with van der Waals surface area (Å²) in [6, 6.07) is 6.60. The summed E-state index contributed by atoms with van der Waals surface area (Å²) in [5.41, 5.74) is 0.265. The lowest BCUT2D eigenvalue weighted by atomic mass is 10.1. The second-order valence-electron chi connectivity index (χ2n) is 3.53. The Morgan fingerprint density at radius 3 is 2.78 bits per heavy atom. The van der Waals surface area contributed by atoms with E-state index in [2.05, 4.69) is 4.98 Å². The Labute approximate surface area is 101 Å². The summed E-state index contributed by atoms with van der Waals surface area (Å²) in [7, 11) is 0. The molecule has 0 saturated carbocycles. The topological polar surface area (TPSA) is 59.4 Å². The van der Waals surface area contributed by atoms with E-state index >= 15 is 0 Å². The van der Waals surface area contributed by atoms with Crippen LogP contribution < -0.4 is 4.74 Å². The highest BCUT2D eigenvalue weighted by molar-refractivity contribution is 5.98. The van der Waals surface area contributed by atoms with Crippen LogP contribution in [0.25, 0.3) is 10.9 Å². The van der Waals surface area contributed by atoms with E-state index in [9.17, 15) is 13.6 Å². The molecule has 0 unspecified atom stereocenters. The molecule has 0 bridgehead atoms. The number of alkyl halides is 2. The number of benzene rings is 1. The number of pyridine rings is 1. The van der Waals surface area contributed by atoms with Crippen LogP contribution in [-0.4, -0.2) is 29.1 Å². The van der Waals surface area contributed by atoms with Crippen molar-refractivity contribution < 1.29 is 23.4 Å². The van der Waals surface area contributed by atoms with Gasteiger partial charge in [-0.2, -0.15) is 0 Å². The first-order valence-electron chi connectivity index (χ1n) is 5.11. The quantitative estimate of drug-likeness (QED) is 0.909. The molecule has 1 aromatic carbocycles. The van der Waals surface area contributed by atoms with Crippen LogP contribution in [0.3, 0.4) is 0 Å². The molecular weight excluding hydrogens is 244 g/mol. The van der Waals surface area contributed by atoms with Gasteiger partial charge in [0.15, 0.2) is 0 Å². The number of carbonyl (C=O) groups is 1. The zero-order valence-electron chi connectivity index (χ0n) is 9.14. The van der Waals surface area contributed by atoms with Crippen molar-refractivity contribution in [2.24, 2.45) is 0 Å². The molecule has 0 fully saturated rings. The number of nitrogens with zero attached hydrogens (tertiary/aromatic N) is 1. The molecule has 0 amide bonds. The van der Waals surface area contributed by atoms with Crippen LogP contribution in [0.2, 0.25) is 0 Å². The van der Waals surface area contributed by atoms with Crippen molar-refractivity contribution in [1.82, 2.24) is 4.98 Å². The summed E-state index contributed by atoms with van der Waals surface area (Å²) >= 11 is 0. The van der Waals surface area contributed by atoms with Crippen LogP contribution in [0.1, 0.15) is 10.4 Å². The number of aromatic nitrogens is 1. The summed E-state index contributed by atoms with van der Waals surface area (Å²) in [5.74, 6) is -1.34. The molecule has 0 aliphatic heterocycles. The maximum atomic E-state index is 12.2. The fraction of sp³-hybridized carbons (Fsp3) is 0.167. The van der Waals surface area contributed by atoms with Crippen LogP contribution in [0.4, 0.5) is 8.78 Å². The number of fused-ring (bicyclic) bond motifs is 1. The van der Waals surface area contributed by atoms with Gasteiger partial charge in [0, 0.05) is 11.6 Å². The molecule has 2 rings (SSSR count). The lowest BCUT2D eigenvalue weighted by Crippen LogP contribution is -2.11. The van der Waals surface area contributed by atoms with Crippen molar-refractivity contribution >= 4 is 16.9 Å². The number of aromatic carboxylic acids is 1. The number of carboxylic acid groups (broad SMARTS) is 1. The Morgan fingerprint density at radius 2 is 2.11 bits per heavy atom. The van der Waals surface area contributed by atoms with E-state index in [0.29, 0.717) is 10.9 Å². The molecule has 94 valence electrons. The Bertz CT molecular complexity index is 587. The first kappa shape index (κ1) is 12.2. The minimum Gasteiger partial charge on any atom is -0.486 e. The van der Waals surface area contributed by atoms with Gasteiger partial charge in [0.1, 0.15) is 17.9 Å². The maximum Gasteiger partial charge on any atom is 0.341 e. The van der Waals surface area contributed by atoms with Gasteiger partial charge in [-0.05, 0) is 12.1 Å². The summed E-state index contributed by atoms with van der Waals surface area (Å²) in [4.78, 5) is 14.9. The third-order valence-electron chi connectivity index (χ3n) is 2.31. The third kappa shape index (κ3) is 2.37. The van der Waals surface area contributed by atoms with E-state index in [4.69, 9.17) is 9.84 Å². The molecule has 2 aromatic rings. The minimum atomic E-state index is -2.67. The number of ether oxygens (including phenoxy) is 1. The zero-order valence-corrected chi connectivity index (χ0v) is 9.14. The average molecular weight is 253 g/mol. The van der Waals surface area contributed by atoms with Crippen molar-refractivity contribution in [2.75, 3.05) is 6.61 Å². The Balaban J connectivity index is 2.55. The number of rotatable bonds is 4. The van der Waals surface area contributed by atoms with Gasteiger partial charge in [-0.1, -0.05) is 12.1 Å². The van der Waals surface area contributed by atoms with Gasteiger partial charge < -0.3 is 9.84 Å². The molecule has 0 aliphatic rings. The minimum absolute atomic E-state index is 0.0756. The Morgan fingerprint density at radius 1 is 1.39 bits per heavy atom. The molecular formula is C12H9F2NO3. The second kappa shape index (κ2) is 4.95. The molecule has 0 atom stereocenters. The summed E-state index contributed by atoms with van der Waals surface area (Å²) in [6.45, 7) is -0.853. The highest BCUT2D eigenvalue weighted by Gasteiger charge is 2.17. The van der Waals surface area contributed by atoms with E-state index in [-0.39, 0.29) is 11.3 Å². The van der Waals surface area contributed by atoms with Gasteiger partial charge in [0.2, 0.25) is 0 Å². The second-order valence-corrected chi connectivity index (χ2v) is 3.53. The summed E-state index contributed by atoms with van der Waals surface area (Å²) in [5, 5.41) is 9.38. The van der Waals surface area contributed by atoms with Gasteiger partial charge in [-0.3, -0.25) is 4.98 Å². The summed E-state index contributed by atoms with van der Waals surface area (Å²) < 4.78 is 29.2. The largest absolute Gasteiger partial charge is 0.486 e. The van der Waals surface area contributed by atoms with Crippen LogP contribution in [-0.2, 0) is 0 Å². The highest BCUT2D eigenvalue weighted by Crippen LogP contribution is 2.28. The van der Waals surface area contributed by atoms with Gasteiger partial charge >= 0.3 is 5.97 Å². The number of para-hydroxylation sites is 1. The van der Waals surface area contributed by atoms with Crippen molar-refractivity contribution in [2.45, 2.75) is 6.43 Å². The molecule has 1 N–H and O–H groups in total. The molecule has 4 nitrogen and oxygen atoms in total. The van der Waals surface area contributed by atoms with Crippen LogP contribution in [0.15, 0.2) is 30.5 Å². The van der Waals surface area contributed by atoms with Gasteiger partial charge in [0.05, 0.1) is 5.52 Å². The number of hydrogen-bond acceptors (Lipinski definition) is 3. The number of carboxylic acids is 1. The lowest BCUT2D eigenvalue weighted by Gasteiger charge is -2.11. The standard InChI is InChI=1S/C12H9F2NO3/c13-10(14)6-18-11-7-3-1-2-4-9(7)15-5-8(11)12(16)17/h1-5,10H,6H2,(H,16,17). The molecule has 6 heteroatoms. The zero-order chi connectivity index (χ0) is 13.1. The van der Waals surface area contributed by atoms with E-state index in [1.54, 1.807) is 24.3 Å². The van der Waals surface area contributed by atoms with Crippen LogP contribution in [0, 0.1) is 0 Å². The predicted octanol–water partition coefficient (Wildman–Crippen LogP) is 2.58. The smallest absolute Gasteiger partial charge is 0.341 e. The molecule has 18 heavy (non-hydrogen) atoms. The summed E-state index contributed by atoms with van der Waals surface area (Å²) in [6.07, 6.45) is -1.57. The normalized spacial score (nSPS) is 10.8. The predicted molar refractivity (Wildman–Crippen MR) is 60.2 cm³/mol. The van der Waals surface area contributed by atoms with Crippen LogP contribution in [0.5, 0.6) is 5.75 Å². The lowest BCUT2D eigenvalue weighted by molar-refractivity contribution is 0.0666. The number of halogens is 2. The van der Waals surface area contributed by atoms with E-state index in [0.717, 1.165) is 6.20 Å². The fourth-order valence-electron chi connectivity index (χ4n) is 1.57. The molecule has 0 spiro atoms. The van der Waals surface area contributed by atoms with Crippen molar-refractivity contribution in [1.29, 1.82) is 0 Å². The monoisotopic (exact) mass is 253 g/mol. The first-order chi connectivity index (χ1) is 8.59. The maximum absolute atomic E-state index is 12.2. The van der Waals surface area contributed by atoms with Crippen molar-refractivity contribution in [3.05, 3.63) is 36.0 Å². The van der Waals surface area contributed by atoms with E-state index in [1.807, 2.05) is 0 Å². The molecule has 0 aliphatic carbocycles. The van der Waals surface area contributed by atoms with E-state index in [1.165, 1.54) is 0 Å². The molecule has 0 saturated heterocycles. The van der Waals surface area contributed by atoms with Gasteiger partial charge in [0.25, 0.3) is 6.43 Å². The Kier molecular flexibility index (Phi) is 3.36. The molecule has 1 aromatic heterocycles. The first-order valence-corrected chi connectivity index (χ1v) is 5.11.